The van der Waals surface area contributed by atoms with E-state index in [0.29, 0.717) is 13.1 Å². The monoisotopic (exact) mass is 373 g/mol. The highest BCUT2D eigenvalue weighted by Crippen LogP contribution is 2.23. The summed E-state index contributed by atoms with van der Waals surface area (Å²) in [4.78, 5) is 38.9. The van der Waals surface area contributed by atoms with Gasteiger partial charge in [0.1, 0.15) is 0 Å². The number of carbonyl (C=O) groups is 3. The number of piperidine rings is 1. The molecule has 0 aromatic heterocycles. The predicted molar refractivity (Wildman–Crippen MR) is 106 cm³/mol. The highest BCUT2D eigenvalue weighted by molar-refractivity contribution is 5.98. The molecule has 3 amide bonds. The lowest BCUT2D eigenvalue weighted by molar-refractivity contribution is -0.125. The van der Waals surface area contributed by atoms with Crippen molar-refractivity contribution in [1.82, 2.24) is 15.5 Å². The zero-order valence-corrected chi connectivity index (χ0v) is 17.0. The summed E-state index contributed by atoms with van der Waals surface area (Å²) in [7, 11) is 0. The van der Waals surface area contributed by atoms with E-state index in [9.17, 15) is 14.4 Å². The fourth-order valence-corrected chi connectivity index (χ4v) is 3.26. The van der Waals surface area contributed by atoms with Crippen molar-refractivity contribution in [3.63, 3.8) is 0 Å². The van der Waals surface area contributed by atoms with Crippen LogP contribution in [0.3, 0.4) is 0 Å². The number of aryl methyl sites for hydroxylation is 1. The van der Waals surface area contributed by atoms with Gasteiger partial charge in [0.25, 0.3) is 0 Å². The van der Waals surface area contributed by atoms with E-state index in [1.165, 1.54) is 0 Å². The molecule has 1 fully saturated rings. The van der Waals surface area contributed by atoms with Crippen LogP contribution in [0.2, 0.25) is 0 Å². The van der Waals surface area contributed by atoms with Crippen molar-refractivity contribution in [2.45, 2.75) is 59.0 Å². The lowest BCUT2D eigenvalue weighted by Crippen LogP contribution is -2.54. The standard InChI is InChI=1S/C21H31N3O3/c1-14-6-8-16(9-7-14)18(25)17-10-12-24(13-11-17)15(2)19(26)22-20(27)23-21(3,4)5/h6-9,15,17H,10-13H2,1-5H3,(H2,22,23,26,27). The minimum Gasteiger partial charge on any atom is -0.333 e. The molecule has 0 saturated carbocycles. The van der Waals surface area contributed by atoms with Crippen LogP contribution in [-0.4, -0.2) is 47.3 Å². The van der Waals surface area contributed by atoms with Crippen LogP contribution in [0.1, 0.15) is 56.5 Å². The first-order chi connectivity index (χ1) is 12.6. The van der Waals surface area contributed by atoms with Gasteiger partial charge in [-0.2, -0.15) is 0 Å². The van der Waals surface area contributed by atoms with Crippen molar-refractivity contribution in [2.24, 2.45) is 5.92 Å². The van der Waals surface area contributed by atoms with Crippen molar-refractivity contribution in [3.05, 3.63) is 35.4 Å². The number of hydrogen-bond donors (Lipinski definition) is 2. The summed E-state index contributed by atoms with van der Waals surface area (Å²) in [5.41, 5.74) is 1.49. The van der Waals surface area contributed by atoms with Gasteiger partial charge in [0.05, 0.1) is 6.04 Å². The molecule has 0 aliphatic carbocycles. The third-order valence-corrected chi connectivity index (χ3v) is 4.89. The predicted octanol–water partition coefficient (Wildman–Crippen LogP) is 2.90. The normalized spacial score (nSPS) is 17.2. The summed E-state index contributed by atoms with van der Waals surface area (Å²) in [5, 5.41) is 5.12. The maximum Gasteiger partial charge on any atom is 0.321 e. The average molecular weight is 373 g/mol. The molecule has 6 nitrogen and oxygen atoms in total. The number of carbonyl (C=O) groups excluding carboxylic acids is 3. The molecule has 2 N–H and O–H groups in total. The highest BCUT2D eigenvalue weighted by Gasteiger charge is 2.31. The lowest BCUT2D eigenvalue weighted by Gasteiger charge is -2.34. The number of amides is 3. The number of urea groups is 1. The van der Waals surface area contributed by atoms with Gasteiger partial charge in [0, 0.05) is 17.0 Å². The molecular formula is C21H31N3O3. The number of ketones is 1. The molecule has 1 atom stereocenters. The van der Waals surface area contributed by atoms with E-state index >= 15 is 0 Å². The van der Waals surface area contributed by atoms with Crippen LogP contribution in [0.25, 0.3) is 0 Å². The fourth-order valence-electron chi connectivity index (χ4n) is 3.26. The Hall–Kier alpha value is -2.21. The smallest absolute Gasteiger partial charge is 0.321 e. The number of nitrogens with zero attached hydrogens (tertiary/aromatic N) is 1. The number of imide groups is 1. The molecule has 1 aliphatic heterocycles. The summed E-state index contributed by atoms with van der Waals surface area (Å²) in [6.45, 7) is 10.7. The second-order valence-electron chi connectivity index (χ2n) is 8.41. The molecule has 0 spiro atoms. The van der Waals surface area contributed by atoms with Crippen LogP contribution in [0, 0.1) is 12.8 Å². The fraction of sp³-hybridized carbons (Fsp3) is 0.571. The minimum absolute atomic E-state index is 0.0107. The molecule has 1 aliphatic rings. The van der Waals surface area contributed by atoms with E-state index < -0.39 is 17.6 Å². The summed E-state index contributed by atoms with van der Waals surface area (Å²) in [6, 6.07) is 6.78. The average Bonchev–Trinajstić information content (AvgIpc) is 2.59. The Morgan fingerprint density at radius 3 is 2.15 bits per heavy atom. The Balaban J connectivity index is 1.85. The van der Waals surface area contributed by atoms with Crippen LogP contribution in [0.5, 0.6) is 0 Å². The quantitative estimate of drug-likeness (QED) is 0.796. The number of likely N-dealkylation sites (tertiary alicyclic amines) is 1. The molecule has 1 aromatic rings. The van der Waals surface area contributed by atoms with Crippen LogP contribution in [0.4, 0.5) is 4.79 Å². The first-order valence-electron chi connectivity index (χ1n) is 9.55. The van der Waals surface area contributed by atoms with Crippen molar-refractivity contribution in [3.8, 4) is 0 Å². The molecule has 1 aromatic carbocycles. The van der Waals surface area contributed by atoms with Gasteiger partial charge in [-0.05, 0) is 60.5 Å². The number of hydrogen-bond acceptors (Lipinski definition) is 4. The highest BCUT2D eigenvalue weighted by atomic mass is 16.2. The Labute approximate surface area is 161 Å². The van der Waals surface area contributed by atoms with Gasteiger partial charge in [-0.25, -0.2) is 4.79 Å². The molecule has 0 bridgehead atoms. The van der Waals surface area contributed by atoms with Gasteiger partial charge < -0.3 is 5.32 Å². The Bertz CT molecular complexity index is 684. The van der Waals surface area contributed by atoms with Gasteiger partial charge in [0.2, 0.25) is 5.91 Å². The van der Waals surface area contributed by atoms with Gasteiger partial charge in [0.15, 0.2) is 5.78 Å². The second-order valence-corrected chi connectivity index (χ2v) is 8.41. The third-order valence-electron chi connectivity index (χ3n) is 4.89. The minimum atomic E-state index is -0.483. The topological polar surface area (TPSA) is 78.5 Å². The lowest BCUT2D eigenvalue weighted by atomic mass is 9.88. The van der Waals surface area contributed by atoms with Crippen LogP contribution in [-0.2, 0) is 4.79 Å². The van der Waals surface area contributed by atoms with Gasteiger partial charge in [-0.3, -0.25) is 19.8 Å². The number of nitrogens with one attached hydrogen (secondary N) is 2. The van der Waals surface area contributed by atoms with Crippen molar-refractivity contribution in [1.29, 1.82) is 0 Å². The van der Waals surface area contributed by atoms with E-state index in [1.54, 1.807) is 6.92 Å². The maximum atomic E-state index is 12.6. The van der Waals surface area contributed by atoms with Gasteiger partial charge in [-0.1, -0.05) is 29.8 Å². The first kappa shape index (κ1) is 21.1. The van der Waals surface area contributed by atoms with E-state index in [0.717, 1.165) is 24.0 Å². The number of benzene rings is 1. The van der Waals surface area contributed by atoms with E-state index in [4.69, 9.17) is 0 Å². The van der Waals surface area contributed by atoms with Crippen LogP contribution < -0.4 is 10.6 Å². The molecule has 6 heteroatoms. The zero-order valence-electron chi connectivity index (χ0n) is 17.0. The Morgan fingerprint density at radius 2 is 1.63 bits per heavy atom. The Morgan fingerprint density at radius 1 is 1.07 bits per heavy atom. The van der Waals surface area contributed by atoms with E-state index in [1.807, 2.05) is 56.9 Å². The van der Waals surface area contributed by atoms with Crippen molar-refractivity contribution in [2.75, 3.05) is 13.1 Å². The number of rotatable bonds is 4. The molecule has 1 heterocycles. The summed E-state index contributed by atoms with van der Waals surface area (Å²) >= 11 is 0. The molecular weight excluding hydrogens is 342 g/mol. The zero-order chi connectivity index (χ0) is 20.2. The molecule has 148 valence electrons. The summed E-state index contributed by atoms with van der Waals surface area (Å²) < 4.78 is 0. The van der Waals surface area contributed by atoms with Crippen LogP contribution >= 0.6 is 0 Å². The van der Waals surface area contributed by atoms with Gasteiger partial charge >= 0.3 is 6.03 Å². The summed E-state index contributed by atoms with van der Waals surface area (Å²) in [5.74, 6) is -0.153. The maximum absolute atomic E-state index is 12.6. The first-order valence-corrected chi connectivity index (χ1v) is 9.55. The molecule has 1 saturated heterocycles. The summed E-state index contributed by atoms with van der Waals surface area (Å²) in [6.07, 6.45) is 1.44. The molecule has 2 rings (SSSR count). The molecule has 27 heavy (non-hydrogen) atoms. The second kappa shape index (κ2) is 8.65. The van der Waals surface area contributed by atoms with Gasteiger partial charge in [-0.15, -0.1) is 0 Å². The SMILES string of the molecule is Cc1ccc(C(=O)C2CCN(C(C)C(=O)NC(=O)NC(C)(C)C)CC2)cc1. The van der Waals surface area contributed by atoms with Crippen molar-refractivity contribution >= 4 is 17.7 Å². The van der Waals surface area contributed by atoms with E-state index in [2.05, 4.69) is 10.6 Å². The third kappa shape index (κ3) is 6.17. The Kier molecular flexibility index (Phi) is 6.76. The van der Waals surface area contributed by atoms with E-state index in [-0.39, 0.29) is 17.6 Å². The number of Topliss-reactive ketones (excluding diaryl/α,β-unsaturated/α-hetero) is 1. The van der Waals surface area contributed by atoms with Crippen molar-refractivity contribution < 1.29 is 14.4 Å². The molecule has 1 unspecified atom stereocenters. The largest absolute Gasteiger partial charge is 0.333 e. The van der Waals surface area contributed by atoms with Crippen LogP contribution in [0.15, 0.2) is 24.3 Å². The molecule has 0 radical (unpaired) electrons.